The molecule has 2 aromatic rings. The number of halogens is 1. The first-order chi connectivity index (χ1) is 14.5. The molecular formula is C21H31ClN4O4S. The SMILES string of the molecule is CC(C)(C1CCN(C(=O)NCCCS(C)(=O)=O)CC1)C(O)c1cc(Cl)cc2cn[nH]c12. The fraction of sp³-hybridized carbons (Fsp3) is 0.619. The second kappa shape index (κ2) is 9.34. The zero-order valence-electron chi connectivity index (χ0n) is 18.2. The van der Waals surface area contributed by atoms with Gasteiger partial charge in [0.15, 0.2) is 0 Å². The monoisotopic (exact) mass is 470 g/mol. The van der Waals surface area contributed by atoms with Gasteiger partial charge >= 0.3 is 6.03 Å². The number of hydrogen-bond donors (Lipinski definition) is 3. The zero-order chi connectivity index (χ0) is 22.8. The van der Waals surface area contributed by atoms with E-state index < -0.39 is 21.4 Å². The quantitative estimate of drug-likeness (QED) is 0.537. The van der Waals surface area contributed by atoms with E-state index in [0.717, 1.165) is 29.3 Å². The van der Waals surface area contributed by atoms with Crippen molar-refractivity contribution >= 4 is 38.4 Å². The number of amides is 2. The normalized spacial score (nSPS) is 17.1. The van der Waals surface area contributed by atoms with E-state index in [9.17, 15) is 18.3 Å². The Morgan fingerprint density at radius 1 is 1.39 bits per heavy atom. The van der Waals surface area contributed by atoms with Crippen LogP contribution in [0.25, 0.3) is 10.9 Å². The minimum atomic E-state index is -3.02. The highest BCUT2D eigenvalue weighted by atomic mass is 35.5. The van der Waals surface area contributed by atoms with E-state index in [1.807, 2.05) is 19.9 Å². The lowest BCUT2D eigenvalue weighted by molar-refractivity contribution is -0.0143. The van der Waals surface area contributed by atoms with E-state index in [-0.39, 0.29) is 17.7 Å². The van der Waals surface area contributed by atoms with Gasteiger partial charge in [-0.2, -0.15) is 5.10 Å². The number of likely N-dealkylation sites (tertiary alicyclic amines) is 1. The number of hydrogen-bond acceptors (Lipinski definition) is 5. The molecule has 1 unspecified atom stereocenters. The van der Waals surface area contributed by atoms with Crippen molar-refractivity contribution in [3.63, 3.8) is 0 Å². The number of aromatic amines is 1. The Balaban J connectivity index is 1.59. The van der Waals surface area contributed by atoms with Gasteiger partial charge in [-0.3, -0.25) is 5.10 Å². The molecular weight excluding hydrogens is 440 g/mol. The van der Waals surface area contributed by atoms with Gasteiger partial charge in [-0.05, 0) is 42.7 Å². The number of nitrogens with zero attached hydrogens (tertiary/aromatic N) is 2. The number of nitrogens with one attached hydrogen (secondary N) is 2. The van der Waals surface area contributed by atoms with Crippen LogP contribution >= 0.6 is 11.6 Å². The highest BCUT2D eigenvalue weighted by Crippen LogP contribution is 2.46. The number of carbonyl (C=O) groups excluding carboxylic acids is 1. The van der Waals surface area contributed by atoms with Gasteiger partial charge in [-0.15, -0.1) is 0 Å². The molecule has 1 saturated heterocycles. The van der Waals surface area contributed by atoms with Crippen LogP contribution in [0.4, 0.5) is 4.79 Å². The summed E-state index contributed by atoms with van der Waals surface area (Å²) in [6, 6.07) is 3.43. The minimum absolute atomic E-state index is 0.0640. The van der Waals surface area contributed by atoms with Crippen molar-refractivity contribution < 1.29 is 18.3 Å². The summed E-state index contributed by atoms with van der Waals surface area (Å²) >= 11 is 6.25. The third kappa shape index (κ3) is 5.70. The summed E-state index contributed by atoms with van der Waals surface area (Å²) in [5, 5.41) is 22.5. The number of H-pyrrole nitrogens is 1. The lowest BCUT2D eigenvalue weighted by Crippen LogP contribution is -2.47. The Hall–Kier alpha value is -1.84. The molecule has 1 fully saturated rings. The summed E-state index contributed by atoms with van der Waals surface area (Å²) in [5.74, 6) is 0.280. The second-order valence-electron chi connectivity index (χ2n) is 9.03. The number of rotatable bonds is 7. The lowest BCUT2D eigenvalue weighted by Gasteiger charge is -2.43. The van der Waals surface area contributed by atoms with Crippen LogP contribution in [0.2, 0.25) is 5.02 Å². The van der Waals surface area contributed by atoms with Gasteiger partial charge in [0.1, 0.15) is 9.84 Å². The Morgan fingerprint density at radius 2 is 2.06 bits per heavy atom. The van der Waals surface area contributed by atoms with E-state index in [1.54, 1.807) is 17.2 Å². The molecule has 172 valence electrons. The molecule has 0 spiro atoms. The van der Waals surface area contributed by atoms with E-state index >= 15 is 0 Å². The number of aliphatic hydroxyl groups excluding tert-OH is 1. The first-order valence-electron chi connectivity index (χ1n) is 10.5. The van der Waals surface area contributed by atoms with Gasteiger partial charge in [0.25, 0.3) is 0 Å². The molecule has 0 aliphatic carbocycles. The molecule has 31 heavy (non-hydrogen) atoms. The molecule has 0 bridgehead atoms. The molecule has 2 heterocycles. The van der Waals surface area contributed by atoms with E-state index in [0.29, 0.717) is 31.1 Å². The maximum atomic E-state index is 12.4. The summed E-state index contributed by atoms with van der Waals surface area (Å²) in [6.07, 6.45) is 4.09. The van der Waals surface area contributed by atoms with E-state index in [1.165, 1.54) is 6.26 Å². The topological polar surface area (TPSA) is 115 Å². The van der Waals surface area contributed by atoms with Gasteiger partial charge in [0.2, 0.25) is 0 Å². The highest BCUT2D eigenvalue weighted by molar-refractivity contribution is 7.90. The fourth-order valence-electron chi connectivity index (χ4n) is 4.35. The Bertz CT molecular complexity index is 1030. The van der Waals surface area contributed by atoms with Gasteiger partial charge in [-0.25, -0.2) is 13.2 Å². The smallest absolute Gasteiger partial charge is 0.317 e. The Labute approximate surface area is 188 Å². The molecule has 0 radical (unpaired) electrons. The molecule has 1 aromatic carbocycles. The van der Waals surface area contributed by atoms with Crippen molar-refractivity contribution in [3.05, 3.63) is 28.9 Å². The number of aliphatic hydroxyl groups is 1. The van der Waals surface area contributed by atoms with Crippen molar-refractivity contribution in [2.75, 3.05) is 31.6 Å². The molecule has 3 rings (SSSR count). The minimum Gasteiger partial charge on any atom is -0.388 e. The van der Waals surface area contributed by atoms with Crippen LogP contribution in [-0.2, 0) is 9.84 Å². The van der Waals surface area contributed by atoms with Crippen LogP contribution < -0.4 is 5.32 Å². The van der Waals surface area contributed by atoms with Crippen LogP contribution in [-0.4, -0.2) is 66.3 Å². The number of fused-ring (bicyclic) bond motifs is 1. The zero-order valence-corrected chi connectivity index (χ0v) is 19.8. The summed E-state index contributed by atoms with van der Waals surface area (Å²) < 4.78 is 22.4. The molecule has 2 amide bonds. The van der Waals surface area contributed by atoms with Crippen molar-refractivity contribution in [1.82, 2.24) is 20.4 Å². The van der Waals surface area contributed by atoms with Crippen LogP contribution in [0, 0.1) is 11.3 Å². The van der Waals surface area contributed by atoms with Crippen LogP contribution in [0.1, 0.15) is 44.8 Å². The van der Waals surface area contributed by atoms with Crippen LogP contribution in [0.5, 0.6) is 0 Å². The number of carbonyl (C=O) groups is 1. The summed E-state index contributed by atoms with van der Waals surface area (Å²) in [4.78, 5) is 14.1. The molecule has 0 saturated carbocycles. The molecule has 10 heteroatoms. The molecule has 1 aliphatic heterocycles. The summed E-state index contributed by atoms with van der Waals surface area (Å²) in [5.41, 5.74) is 1.09. The van der Waals surface area contributed by atoms with E-state index in [2.05, 4.69) is 15.5 Å². The van der Waals surface area contributed by atoms with Crippen molar-refractivity contribution in [2.24, 2.45) is 11.3 Å². The van der Waals surface area contributed by atoms with Crippen molar-refractivity contribution in [1.29, 1.82) is 0 Å². The first-order valence-corrected chi connectivity index (χ1v) is 12.9. The first kappa shape index (κ1) is 23.8. The van der Waals surface area contributed by atoms with E-state index in [4.69, 9.17) is 11.6 Å². The van der Waals surface area contributed by atoms with Gasteiger partial charge in [-0.1, -0.05) is 25.4 Å². The fourth-order valence-corrected chi connectivity index (χ4v) is 5.26. The average molecular weight is 471 g/mol. The highest BCUT2D eigenvalue weighted by Gasteiger charge is 2.40. The summed E-state index contributed by atoms with van der Waals surface area (Å²) in [7, 11) is -3.02. The molecule has 8 nitrogen and oxygen atoms in total. The predicted molar refractivity (Wildman–Crippen MR) is 122 cm³/mol. The Kier molecular flexibility index (Phi) is 7.18. The summed E-state index contributed by atoms with van der Waals surface area (Å²) in [6.45, 7) is 5.62. The number of sulfone groups is 1. The average Bonchev–Trinajstić information content (AvgIpc) is 3.17. The third-order valence-corrected chi connectivity index (χ3v) is 7.59. The van der Waals surface area contributed by atoms with Crippen molar-refractivity contribution in [3.8, 4) is 0 Å². The van der Waals surface area contributed by atoms with Gasteiger partial charge in [0.05, 0.1) is 23.6 Å². The molecule has 1 aromatic heterocycles. The number of piperidine rings is 1. The number of urea groups is 1. The maximum Gasteiger partial charge on any atom is 0.317 e. The molecule has 3 N–H and O–H groups in total. The largest absolute Gasteiger partial charge is 0.388 e. The third-order valence-electron chi connectivity index (χ3n) is 6.35. The van der Waals surface area contributed by atoms with Gasteiger partial charge in [0, 0.05) is 41.9 Å². The second-order valence-corrected chi connectivity index (χ2v) is 11.7. The molecule has 1 aliphatic rings. The Morgan fingerprint density at radius 3 is 2.71 bits per heavy atom. The predicted octanol–water partition coefficient (Wildman–Crippen LogP) is 3.13. The maximum absolute atomic E-state index is 12.4. The standard InChI is InChI=1S/C21H31ClN4O4S/c1-21(2,19(27)17-12-16(22)11-14-13-24-25-18(14)17)15-5-8-26(9-6-15)20(28)23-7-4-10-31(3,29)30/h11-13,15,19,27H,4-10H2,1-3H3,(H,23,28)(H,24,25). The molecule has 1 atom stereocenters. The van der Waals surface area contributed by atoms with Gasteiger partial charge < -0.3 is 15.3 Å². The van der Waals surface area contributed by atoms with Crippen molar-refractivity contribution in [2.45, 2.75) is 39.2 Å². The number of aromatic nitrogens is 2. The van der Waals surface area contributed by atoms with Crippen LogP contribution in [0.3, 0.4) is 0 Å². The lowest BCUT2D eigenvalue weighted by atomic mass is 9.68. The van der Waals surface area contributed by atoms with Crippen LogP contribution in [0.15, 0.2) is 18.3 Å². The number of benzene rings is 1.